The van der Waals surface area contributed by atoms with Crippen molar-refractivity contribution in [3.63, 3.8) is 0 Å². The van der Waals surface area contributed by atoms with E-state index in [1.54, 1.807) is 11.1 Å². The molecule has 3 aliphatic carbocycles. The van der Waals surface area contributed by atoms with Gasteiger partial charge in [-0.2, -0.15) is 0 Å². The number of rotatable bonds is 0. The van der Waals surface area contributed by atoms with Gasteiger partial charge in [0.2, 0.25) is 0 Å². The monoisotopic (exact) mass is 170 g/mol. The van der Waals surface area contributed by atoms with Crippen LogP contribution in [0.15, 0.2) is 46.6 Å². The van der Waals surface area contributed by atoms with Gasteiger partial charge >= 0.3 is 0 Å². The van der Waals surface area contributed by atoms with Gasteiger partial charge in [0.25, 0.3) is 0 Å². The highest BCUT2D eigenvalue weighted by Crippen LogP contribution is 2.61. The first kappa shape index (κ1) is 7.37. The molecule has 1 saturated carbocycles. The summed E-state index contributed by atoms with van der Waals surface area (Å²) in [6, 6.07) is 0. The minimum atomic E-state index is 0.487. The van der Waals surface area contributed by atoms with Crippen molar-refractivity contribution in [2.24, 2.45) is 5.41 Å². The molecule has 0 nitrogen and oxygen atoms in total. The zero-order valence-electron chi connectivity index (χ0n) is 8.22. The summed E-state index contributed by atoms with van der Waals surface area (Å²) in [5.41, 5.74) is 6.58. The standard InChI is InChI=1S/C13H14/c1-9-8-11-4-3-5-12(11)10(2)13(9)6-7-13/h3-5,8H,6-7H2,1-2H3. The minimum Gasteiger partial charge on any atom is -0.0624 e. The van der Waals surface area contributed by atoms with Gasteiger partial charge in [0.05, 0.1) is 0 Å². The molecule has 0 atom stereocenters. The van der Waals surface area contributed by atoms with E-state index in [2.05, 4.69) is 38.2 Å². The average molecular weight is 170 g/mol. The van der Waals surface area contributed by atoms with E-state index in [9.17, 15) is 0 Å². The van der Waals surface area contributed by atoms with Gasteiger partial charge in [0.15, 0.2) is 0 Å². The lowest BCUT2D eigenvalue weighted by Crippen LogP contribution is -2.11. The van der Waals surface area contributed by atoms with Crippen LogP contribution < -0.4 is 0 Å². The Morgan fingerprint density at radius 3 is 2.69 bits per heavy atom. The smallest absolute Gasteiger partial charge is 0.0128 e. The Balaban J connectivity index is 2.22. The van der Waals surface area contributed by atoms with Crippen molar-refractivity contribution in [3.05, 3.63) is 46.6 Å². The fourth-order valence-electron chi connectivity index (χ4n) is 2.72. The van der Waals surface area contributed by atoms with E-state index < -0.39 is 0 Å². The maximum absolute atomic E-state index is 2.37. The molecule has 0 aromatic rings. The highest BCUT2D eigenvalue weighted by Gasteiger charge is 2.48. The number of hydrogen-bond acceptors (Lipinski definition) is 0. The Kier molecular flexibility index (Phi) is 1.17. The Bertz CT molecular complexity index is 396. The Hall–Kier alpha value is -1.04. The van der Waals surface area contributed by atoms with Crippen LogP contribution in [-0.4, -0.2) is 0 Å². The summed E-state index contributed by atoms with van der Waals surface area (Å²) in [6.45, 7) is 4.59. The lowest BCUT2D eigenvalue weighted by Gasteiger charge is -2.25. The molecule has 1 spiro atoms. The Labute approximate surface area is 79.3 Å². The van der Waals surface area contributed by atoms with Gasteiger partial charge in [-0.3, -0.25) is 0 Å². The zero-order chi connectivity index (χ0) is 9.05. The van der Waals surface area contributed by atoms with Crippen LogP contribution in [0, 0.1) is 5.41 Å². The number of fused-ring (bicyclic) bond motifs is 1. The van der Waals surface area contributed by atoms with Gasteiger partial charge in [0, 0.05) is 5.41 Å². The first-order valence-electron chi connectivity index (χ1n) is 5.03. The zero-order valence-corrected chi connectivity index (χ0v) is 8.22. The molecule has 0 heterocycles. The summed E-state index contributed by atoms with van der Waals surface area (Å²) in [5.74, 6) is 0. The summed E-state index contributed by atoms with van der Waals surface area (Å²) in [7, 11) is 0. The molecule has 0 unspecified atom stereocenters. The molecule has 0 aliphatic heterocycles. The van der Waals surface area contributed by atoms with Gasteiger partial charge in [-0.15, -0.1) is 0 Å². The van der Waals surface area contributed by atoms with Crippen molar-refractivity contribution in [2.45, 2.75) is 26.7 Å². The van der Waals surface area contributed by atoms with Crippen LogP contribution in [0.25, 0.3) is 0 Å². The summed E-state index contributed by atoms with van der Waals surface area (Å²) < 4.78 is 0. The van der Waals surface area contributed by atoms with Crippen LogP contribution in [0.2, 0.25) is 0 Å². The second-order valence-electron chi connectivity index (χ2n) is 4.43. The van der Waals surface area contributed by atoms with Crippen LogP contribution in [0.1, 0.15) is 26.7 Å². The van der Waals surface area contributed by atoms with Crippen LogP contribution in [-0.2, 0) is 0 Å². The number of allylic oxidation sites excluding steroid dienone is 8. The van der Waals surface area contributed by atoms with E-state index in [1.807, 2.05) is 0 Å². The third-order valence-corrected chi connectivity index (χ3v) is 3.85. The molecular weight excluding hydrogens is 156 g/mol. The van der Waals surface area contributed by atoms with Crippen LogP contribution >= 0.6 is 0 Å². The maximum atomic E-state index is 2.37. The third kappa shape index (κ3) is 0.763. The molecular formula is C13H14. The van der Waals surface area contributed by atoms with Gasteiger partial charge in [-0.05, 0) is 37.8 Å². The van der Waals surface area contributed by atoms with E-state index in [-0.39, 0.29) is 0 Å². The summed E-state index contributed by atoms with van der Waals surface area (Å²) >= 11 is 0. The number of hydrogen-bond donors (Lipinski definition) is 0. The molecule has 0 aromatic carbocycles. The first-order chi connectivity index (χ1) is 6.24. The van der Waals surface area contributed by atoms with Crippen molar-refractivity contribution in [2.75, 3.05) is 0 Å². The van der Waals surface area contributed by atoms with Gasteiger partial charge in [-0.1, -0.05) is 35.5 Å². The van der Waals surface area contributed by atoms with Gasteiger partial charge in [0.1, 0.15) is 0 Å². The molecule has 13 heavy (non-hydrogen) atoms. The highest BCUT2D eigenvalue weighted by atomic mass is 14.5. The summed E-state index contributed by atoms with van der Waals surface area (Å²) in [6.07, 6.45) is 11.7. The quantitative estimate of drug-likeness (QED) is 0.521. The Morgan fingerprint density at radius 2 is 2.00 bits per heavy atom. The molecule has 0 bridgehead atoms. The Morgan fingerprint density at radius 1 is 1.23 bits per heavy atom. The molecule has 0 N–H and O–H groups in total. The largest absolute Gasteiger partial charge is 0.0624 e. The fraction of sp³-hybridized carbons (Fsp3) is 0.385. The normalized spacial score (nSPS) is 27.5. The lowest BCUT2D eigenvalue weighted by molar-refractivity contribution is 0.708. The summed E-state index contributed by atoms with van der Waals surface area (Å²) in [4.78, 5) is 0. The fourth-order valence-corrected chi connectivity index (χ4v) is 2.72. The molecule has 1 fully saturated rings. The third-order valence-electron chi connectivity index (χ3n) is 3.85. The molecule has 3 aliphatic rings. The average Bonchev–Trinajstić information content (AvgIpc) is 2.78. The lowest BCUT2D eigenvalue weighted by atomic mass is 9.79. The molecule has 0 saturated heterocycles. The first-order valence-corrected chi connectivity index (χ1v) is 5.03. The van der Waals surface area contributed by atoms with E-state index in [0.29, 0.717) is 5.41 Å². The van der Waals surface area contributed by atoms with E-state index >= 15 is 0 Å². The van der Waals surface area contributed by atoms with Crippen LogP contribution in [0.4, 0.5) is 0 Å². The predicted molar refractivity (Wildman–Crippen MR) is 55.3 cm³/mol. The second kappa shape index (κ2) is 2.06. The maximum Gasteiger partial charge on any atom is 0.0128 e. The van der Waals surface area contributed by atoms with Gasteiger partial charge in [-0.25, -0.2) is 0 Å². The topological polar surface area (TPSA) is 0 Å². The molecule has 0 aromatic heterocycles. The minimum absolute atomic E-state index is 0.487. The van der Waals surface area contributed by atoms with Crippen molar-refractivity contribution in [1.29, 1.82) is 0 Å². The molecule has 3 rings (SSSR count). The predicted octanol–water partition coefficient (Wildman–Crippen LogP) is 3.54. The van der Waals surface area contributed by atoms with E-state index in [0.717, 1.165) is 0 Å². The SMILES string of the molecule is CC1=CC2=CC=CC2=C(C)C12CC2. The van der Waals surface area contributed by atoms with E-state index in [4.69, 9.17) is 0 Å². The van der Waals surface area contributed by atoms with Crippen LogP contribution in [0.3, 0.4) is 0 Å². The molecule has 0 radical (unpaired) electrons. The molecule has 66 valence electrons. The van der Waals surface area contributed by atoms with Crippen molar-refractivity contribution in [3.8, 4) is 0 Å². The van der Waals surface area contributed by atoms with Crippen molar-refractivity contribution in [1.82, 2.24) is 0 Å². The second-order valence-corrected chi connectivity index (χ2v) is 4.43. The van der Waals surface area contributed by atoms with Gasteiger partial charge < -0.3 is 0 Å². The molecule has 0 heteroatoms. The van der Waals surface area contributed by atoms with Crippen molar-refractivity contribution >= 4 is 0 Å². The molecule has 0 amide bonds. The van der Waals surface area contributed by atoms with Crippen LogP contribution in [0.5, 0.6) is 0 Å². The highest BCUT2D eigenvalue weighted by molar-refractivity contribution is 5.63. The van der Waals surface area contributed by atoms with Crippen molar-refractivity contribution < 1.29 is 0 Å². The summed E-state index contributed by atoms with van der Waals surface area (Å²) in [5, 5.41) is 0. The van der Waals surface area contributed by atoms with E-state index in [1.165, 1.54) is 24.0 Å².